The second kappa shape index (κ2) is 4.61. The minimum atomic E-state index is -0.340. The molecule has 0 aromatic carbocycles. The van der Waals surface area contributed by atoms with Crippen LogP contribution in [0, 0.1) is 13.8 Å². The molecule has 0 unspecified atom stereocenters. The van der Waals surface area contributed by atoms with Crippen LogP contribution >= 0.6 is 31.9 Å². The Morgan fingerprint density at radius 2 is 2.12 bits per heavy atom. The summed E-state index contributed by atoms with van der Waals surface area (Å²) >= 11 is 6.47. The first-order chi connectivity index (χ1) is 8.00. The van der Waals surface area contributed by atoms with Crippen LogP contribution in [0.2, 0.25) is 0 Å². The molecule has 0 bridgehead atoms. The van der Waals surface area contributed by atoms with E-state index in [-0.39, 0.29) is 11.6 Å². The lowest BCUT2D eigenvalue weighted by Crippen LogP contribution is -2.14. The van der Waals surface area contributed by atoms with Crippen molar-refractivity contribution in [2.75, 3.05) is 5.32 Å². The van der Waals surface area contributed by atoms with Crippen LogP contribution in [-0.4, -0.2) is 21.3 Å². The maximum absolute atomic E-state index is 11.9. The van der Waals surface area contributed by atoms with Gasteiger partial charge in [0.2, 0.25) is 0 Å². The van der Waals surface area contributed by atoms with Gasteiger partial charge < -0.3 is 9.84 Å². The number of hydrogen-bond acceptors (Lipinski definition) is 4. The molecule has 0 saturated carbocycles. The third kappa shape index (κ3) is 2.27. The first-order valence-corrected chi connectivity index (χ1v) is 6.23. The van der Waals surface area contributed by atoms with Crippen molar-refractivity contribution >= 4 is 43.5 Å². The Bertz CT molecular complexity index is 556. The van der Waals surface area contributed by atoms with Gasteiger partial charge in [0, 0.05) is 0 Å². The van der Waals surface area contributed by atoms with Crippen molar-refractivity contribution in [3.05, 3.63) is 26.2 Å². The third-order valence-corrected chi connectivity index (χ3v) is 4.03. The summed E-state index contributed by atoms with van der Waals surface area (Å²) in [7, 11) is 0. The summed E-state index contributed by atoms with van der Waals surface area (Å²) in [5.41, 5.74) is 1.46. The molecule has 17 heavy (non-hydrogen) atoms. The molecule has 1 amide bonds. The second-order valence-electron chi connectivity index (χ2n) is 3.35. The fourth-order valence-electron chi connectivity index (χ4n) is 1.29. The maximum Gasteiger partial charge on any atom is 0.277 e. The summed E-state index contributed by atoms with van der Waals surface area (Å²) in [6.07, 6.45) is 0. The molecule has 90 valence electrons. The van der Waals surface area contributed by atoms with E-state index in [2.05, 4.69) is 52.5 Å². The lowest BCUT2D eigenvalue weighted by molar-refractivity contribution is 0.102. The zero-order valence-corrected chi connectivity index (χ0v) is 12.1. The van der Waals surface area contributed by atoms with Gasteiger partial charge >= 0.3 is 0 Å². The van der Waals surface area contributed by atoms with E-state index in [0.29, 0.717) is 26.2 Å². The van der Waals surface area contributed by atoms with Crippen molar-refractivity contribution in [3.8, 4) is 0 Å². The highest BCUT2D eigenvalue weighted by Crippen LogP contribution is 2.25. The number of anilines is 1. The standard InChI is InChI=1S/C9H8Br2N4O2/c1-3-6(4(2)17-15-3)12-9(16)7-5(10)8(11)14-13-7/h1-2H3,(H,12,16)(H,13,14). The van der Waals surface area contributed by atoms with E-state index in [0.717, 1.165) is 0 Å². The van der Waals surface area contributed by atoms with E-state index in [4.69, 9.17) is 4.52 Å². The number of aromatic amines is 1. The van der Waals surface area contributed by atoms with Crippen LogP contribution < -0.4 is 5.32 Å². The maximum atomic E-state index is 11.9. The smallest absolute Gasteiger partial charge is 0.277 e. The van der Waals surface area contributed by atoms with E-state index < -0.39 is 0 Å². The van der Waals surface area contributed by atoms with Gasteiger partial charge in [-0.1, -0.05) is 5.16 Å². The number of aromatic nitrogens is 3. The van der Waals surface area contributed by atoms with Crippen LogP contribution in [0.15, 0.2) is 13.6 Å². The molecule has 0 spiro atoms. The first kappa shape index (κ1) is 12.3. The Labute approximate surface area is 113 Å². The minimum absolute atomic E-state index is 0.261. The van der Waals surface area contributed by atoms with Crippen LogP contribution in [0.3, 0.4) is 0 Å². The Morgan fingerprint density at radius 3 is 2.59 bits per heavy atom. The van der Waals surface area contributed by atoms with Gasteiger partial charge in [0.25, 0.3) is 5.91 Å². The van der Waals surface area contributed by atoms with Crippen molar-refractivity contribution in [2.45, 2.75) is 13.8 Å². The molecule has 2 aromatic rings. The van der Waals surface area contributed by atoms with Gasteiger partial charge in [0.15, 0.2) is 11.5 Å². The van der Waals surface area contributed by atoms with Crippen molar-refractivity contribution in [1.82, 2.24) is 15.4 Å². The number of H-pyrrole nitrogens is 1. The molecule has 0 fully saturated rings. The lowest BCUT2D eigenvalue weighted by atomic mass is 10.3. The molecule has 0 atom stereocenters. The summed E-state index contributed by atoms with van der Waals surface area (Å²) in [6.45, 7) is 3.48. The molecule has 2 aromatic heterocycles. The van der Waals surface area contributed by atoms with Crippen molar-refractivity contribution in [2.24, 2.45) is 0 Å². The summed E-state index contributed by atoms with van der Waals surface area (Å²) in [4.78, 5) is 11.9. The van der Waals surface area contributed by atoms with Crippen LogP contribution in [0.1, 0.15) is 21.9 Å². The van der Waals surface area contributed by atoms with Gasteiger partial charge in [-0.3, -0.25) is 9.89 Å². The minimum Gasteiger partial charge on any atom is -0.359 e. The number of aryl methyl sites for hydroxylation is 2. The Kier molecular flexibility index (Phi) is 3.34. The summed E-state index contributed by atoms with van der Waals surface area (Å²) in [6, 6.07) is 0. The highest BCUT2D eigenvalue weighted by molar-refractivity contribution is 9.13. The summed E-state index contributed by atoms with van der Waals surface area (Å²) in [5.74, 6) is 0.217. The normalized spacial score (nSPS) is 10.6. The van der Waals surface area contributed by atoms with Crippen LogP contribution in [0.5, 0.6) is 0 Å². The Hall–Kier alpha value is -1.15. The highest BCUT2D eigenvalue weighted by Gasteiger charge is 2.19. The number of carbonyl (C=O) groups excluding carboxylic acids is 1. The van der Waals surface area contributed by atoms with Crippen molar-refractivity contribution in [3.63, 3.8) is 0 Å². The predicted octanol–water partition coefficient (Wildman–Crippen LogP) is 2.79. The van der Waals surface area contributed by atoms with Gasteiger partial charge in [-0.15, -0.1) is 0 Å². The molecule has 0 aliphatic heterocycles. The molecule has 2 rings (SSSR count). The van der Waals surface area contributed by atoms with Crippen LogP contribution in [-0.2, 0) is 0 Å². The van der Waals surface area contributed by atoms with E-state index in [9.17, 15) is 4.79 Å². The zero-order valence-electron chi connectivity index (χ0n) is 8.97. The topological polar surface area (TPSA) is 83.8 Å². The number of nitrogens with one attached hydrogen (secondary N) is 2. The fraction of sp³-hybridized carbons (Fsp3) is 0.222. The third-order valence-electron chi connectivity index (χ3n) is 2.15. The number of halogens is 2. The average molecular weight is 364 g/mol. The van der Waals surface area contributed by atoms with Crippen molar-refractivity contribution in [1.29, 1.82) is 0 Å². The second-order valence-corrected chi connectivity index (χ2v) is 4.94. The van der Waals surface area contributed by atoms with Gasteiger partial charge in [-0.05, 0) is 45.7 Å². The molecule has 0 saturated heterocycles. The molecular formula is C9H8Br2N4O2. The van der Waals surface area contributed by atoms with Gasteiger partial charge in [-0.25, -0.2) is 0 Å². The summed E-state index contributed by atoms with van der Waals surface area (Å²) in [5, 5.41) is 13.0. The number of nitrogens with zero attached hydrogens (tertiary/aromatic N) is 2. The first-order valence-electron chi connectivity index (χ1n) is 4.64. The van der Waals surface area contributed by atoms with E-state index >= 15 is 0 Å². The zero-order chi connectivity index (χ0) is 12.6. The SMILES string of the molecule is Cc1noc(C)c1NC(=O)c1n[nH]c(Br)c1Br. The van der Waals surface area contributed by atoms with Crippen LogP contribution in [0.25, 0.3) is 0 Å². The molecule has 8 heteroatoms. The lowest BCUT2D eigenvalue weighted by Gasteiger charge is -2.01. The van der Waals surface area contributed by atoms with E-state index in [1.54, 1.807) is 13.8 Å². The Balaban J connectivity index is 2.26. The average Bonchev–Trinajstić information content (AvgIpc) is 2.77. The number of amides is 1. The van der Waals surface area contributed by atoms with Gasteiger partial charge in [-0.2, -0.15) is 5.10 Å². The largest absolute Gasteiger partial charge is 0.359 e. The number of rotatable bonds is 2. The van der Waals surface area contributed by atoms with Crippen LogP contribution in [0.4, 0.5) is 5.69 Å². The van der Waals surface area contributed by atoms with Gasteiger partial charge in [0.05, 0.1) is 4.47 Å². The fourth-order valence-corrected chi connectivity index (χ4v) is 1.93. The monoisotopic (exact) mass is 362 g/mol. The molecular weight excluding hydrogens is 356 g/mol. The number of hydrogen-bond donors (Lipinski definition) is 2. The molecule has 2 N–H and O–H groups in total. The predicted molar refractivity (Wildman–Crippen MR) is 67.9 cm³/mol. The Morgan fingerprint density at radius 1 is 1.41 bits per heavy atom. The van der Waals surface area contributed by atoms with Gasteiger partial charge in [0.1, 0.15) is 16.0 Å². The number of carbonyl (C=O) groups is 1. The highest BCUT2D eigenvalue weighted by atomic mass is 79.9. The molecule has 0 aliphatic rings. The molecule has 6 nitrogen and oxygen atoms in total. The molecule has 0 radical (unpaired) electrons. The van der Waals surface area contributed by atoms with Crippen molar-refractivity contribution < 1.29 is 9.32 Å². The molecule has 2 heterocycles. The van der Waals surface area contributed by atoms with E-state index in [1.165, 1.54) is 0 Å². The molecule has 0 aliphatic carbocycles. The van der Waals surface area contributed by atoms with E-state index in [1.807, 2.05) is 0 Å². The summed E-state index contributed by atoms with van der Waals surface area (Å²) < 4.78 is 6.14. The quantitative estimate of drug-likeness (QED) is 0.859.